The molecule has 1 aromatic carbocycles. The Kier molecular flexibility index (Phi) is 4.66. The number of imidazole rings is 1. The Balaban J connectivity index is 2.39. The molecule has 0 saturated carbocycles. The van der Waals surface area contributed by atoms with Crippen molar-refractivity contribution in [3.05, 3.63) is 56.7 Å². The zero-order chi connectivity index (χ0) is 15.4. The van der Waals surface area contributed by atoms with Gasteiger partial charge in [0.15, 0.2) is 0 Å². The van der Waals surface area contributed by atoms with E-state index in [9.17, 15) is 14.5 Å². The van der Waals surface area contributed by atoms with Crippen LogP contribution in [0.4, 0.5) is 10.2 Å². The lowest BCUT2D eigenvalue weighted by Crippen LogP contribution is -2.07. The molecule has 6 nitrogen and oxygen atoms in total. The lowest BCUT2D eigenvalue weighted by Gasteiger charge is -2.01. The number of halogens is 2. The topological polar surface area (TPSA) is 81.2 Å². The first kappa shape index (κ1) is 15.1. The summed E-state index contributed by atoms with van der Waals surface area (Å²) in [5, 5.41) is 20.0. The number of nitrogens with zero attached hydrogens (tertiary/aromatic N) is 3. The Morgan fingerprint density at radius 1 is 1.48 bits per heavy atom. The van der Waals surface area contributed by atoms with Gasteiger partial charge in [-0.2, -0.15) is 0 Å². The highest BCUT2D eigenvalue weighted by Crippen LogP contribution is 2.22. The van der Waals surface area contributed by atoms with Crippen molar-refractivity contribution >= 4 is 29.6 Å². The molecule has 8 heteroatoms. The minimum atomic E-state index is -0.601. The van der Waals surface area contributed by atoms with E-state index < -0.39 is 10.7 Å². The summed E-state index contributed by atoms with van der Waals surface area (Å²) in [7, 11) is 0. The highest BCUT2D eigenvalue weighted by Gasteiger charge is 2.18. The minimum Gasteiger partial charge on any atom is -0.392 e. The summed E-state index contributed by atoms with van der Waals surface area (Å²) < 4.78 is 14.9. The summed E-state index contributed by atoms with van der Waals surface area (Å²) in [6, 6.07) is 4.27. The molecule has 2 aromatic rings. The van der Waals surface area contributed by atoms with Crippen molar-refractivity contribution < 1.29 is 14.4 Å². The second kappa shape index (κ2) is 6.47. The number of rotatable bonds is 5. The average molecular weight is 312 g/mol. The number of benzene rings is 1. The molecule has 1 aromatic heterocycles. The summed E-state index contributed by atoms with van der Waals surface area (Å²) >= 11 is 5.89. The van der Waals surface area contributed by atoms with Crippen LogP contribution in [0.5, 0.6) is 0 Å². The highest BCUT2D eigenvalue weighted by atomic mass is 35.5. The van der Waals surface area contributed by atoms with Gasteiger partial charge >= 0.3 is 5.82 Å². The van der Waals surface area contributed by atoms with Gasteiger partial charge in [-0.3, -0.25) is 0 Å². The van der Waals surface area contributed by atoms with Crippen LogP contribution in [0.2, 0.25) is 5.02 Å². The van der Waals surface area contributed by atoms with Crippen LogP contribution in [0.1, 0.15) is 11.4 Å². The van der Waals surface area contributed by atoms with Crippen LogP contribution in [0.25, 0.3) is 12.2 Å². The number of hydrogen-bond donors (Lipinski definition) is 1. The van der Waals surface area contributed by atoms with E-state index in [1.165, 1.54) is 34.9 Å². The molecule has 0 aliphatic rings. The molecule has 0 unspecified atom stereocenters. The molecule has 0 amide bonds. The van der Waals surface area contributed by atoms with E-state index >= 15 is 0 Å². The molecule has 0 aliphatic carbocycles. The monoisotopic (exact) mass is 311 g/mol. The first-order valence-corrected chi connectivity index (χ1v) is 6.35. The van der Waals surface area contributed by atoms with Gasteiger partial charge < -0.3 is 15.2 Å². The largest absolute Gasteiger partial charge is 0.392 e. The molecule has 0 spiro atoms. The molecule has 0 atom stereocenters. The molecule has 0 fully saturated rings. The lowest BCUT2D eigenvalue weighted by molar-refractivity contribution is -0.392. The van der Waals surface area contributed by atoms with Crippen molar-refractivity contribution in [2.75, 3.05) is 6.61 Å². The second-order valence-electron chi connectivity index (χ2n) is 4.08. The van der Waals surface area contributed by atoms with Crippen LogP contribution < -0.4 is 0 Å². The third kappa shape index (κ3) is 3.26. The quantitative estimate of drug-likeness (QED) is 0.680. The van der Waals surface area contributed by atoms with E-state index in [1.54, 1.807) is 0 Å². The number of hydrogen-bond acceptors (Lipinski definition) is 4. The van der Waals surface area contributed by atoms with Gasteiger partial charge in [0.25, 0.3) is 0 Å². The molecule has 1 N–H and O–H groups in total. The number of aliphatic hydroxyl groups is 1. The van der Waals surface area contributed by atoms with Crippen LogP contribution >= 0.6 is 11.6 Å². The van der Waals surface area contributed by atoms with Crippen LogP contribution in [0.3, 0.4) is 0 Å². The summed E-state index contributed by atoms with van der Waals surface area (Å²) in [5.74, 6) is -0.521. The zero-order valence-corrected chi connectivity index (χ0v) is 11.5. The maximum Gasteiger partial charge on any atom is 0.343 e. The van der Waals surface area contributed by atoms with Gasteiger partial charge in [0.2, 0.25) is 5.82 Å². The summed E-state index contributed by atoms with van der Waals surface area (Å²) in [4.78, 5) is 14.1. The van der Waals surface area contributed by atoms with Gasteiger partial charge in [-0.25, -0.2) is 13.9 Å². The molecule has 110 valence electrons. The van der Waals surface area contributed by atoms with E-state index in [2.05, 4.69) is 4.98 Å². The molecule has 21 heavy (non-hydrogen) atoms. The Morgan fingerprint density at radius 3 is 2.86 bits per heavy atom. The van der Waals surface area contributed by atoms with Crippen LogP contribution in [-0.4, -0.2) is 26.2 Å². The fraction of sp³-hybridized carbons (Fsp3) is 0.154. The molecular formula is C13H11ClFN3O3. The van der Waals surface area contributed by atoms with E-state index in [0.29, 0.717) is 0 Å². The fourth-order valence-corrected chi connectivity index (χ4v) is 2.04. The fourth-order valence-electron chi connectivity index (χ4n) is 1.82. The Morgan fingerprint density at radius 2 is 2.24 bits per heavy atom. The average Bonchev–Trinajstić information content (AvgIpc) is 2.82. The van der Waals surface area contributed by atoms with Gasteiger partial charge in [0, 0.05) is 11.6 Å². The van der Waals surface area contributed by atoms with Gasteiger partial charge in [-0.15, -0.1) is 0 Å². The van der Waals surface area contributed by atoms with Crippen molar-refractivity contribution in [3.8, 4) is 0 Å². The van der Waals surface area contributed by atoms with Gasteiger partial charge in [0.05, 0.1) is 11.6 Å². The predicted octanol–water partition coefficient (Wildman–Crippen LogP) is 2.75. The summed E-state index contributed by atoms with van der Waals surface area (Å²) in [5.41, 5.74) is 0.167. The standard InChI is InChI=1S/C13H11ClFN3O3/c14-10-2-1-3-11(15)9(10)4-5-12-16-8-13(18(20)21)17(12)6-7-19/h1-5,8,19H,6-7H2/b5-4+. The third-order valence-corrected chi connectivity index (χ3v) is 3.10. The molecule has 0 radical (unpaired) electrons. The molecule has 2 rings (SSSR count). The molecular weight excluding hydrogens is 301 g/mol. The Hall–Kier alpha value is -2.25. The Labute approximate surface area is 124 Å². The lowest BCUT2D eigenvalue weighted by atomic mass is 10.2. The first-order chi connectivity index (χ1) is 10.0. The van der Waals surface area contributed by atoms with Crippen molar-refractivity contribution in [2.45, 2.75) is 6.54 Å². The summed E-state index contributed by atoms with van der Waals surface area (Å²) in [6.45, 7) is -0.264. The van der Waals surface area contributed by atoms with Crippen LogP contribution in [-0.2, 0) is 6.54 Å². The van der Waals surface area contributed by atoms with Crippen LogP contribution in [0.15, 0.2) is 24.4 Å². The Bertz CT molecular complexity index is 680. The van der Waals surface area contributed by atoms with Crippen molar-refractivity contribution in [1.29, 1.82) is 0 Å². The minimum absolute atomic E-state index is 0.0149. The van der Waals surface area contributed by atoms with Crippen LogP contribution in [0, 0.1) is 15.9 Å². The first-order valence-electron chi connectivity index (χ1n) is 5.97. The van der Waals surface area contributed by atoms with Gasteiger partial charge in [-0.1, -0.05) is 17.7 Å². The third-order valence-electron chi connectivity index (χ3n) is 2.77. The smallest absolute Gasteiger partial charge is 0.343 e. The molecule has 0 saturated heterocycles. The number of nitro groups is 1. The molecule has 0 aliphatic heterocycles. The van der Waals surface area contributed by atoms with Crippen molar-refractivity contribution in [1.82, 2.24) is 9.55 Å². The zero-order valence-electron chi connectivity index (χ0n) is 10.7. The maximum atomic E-state index is 13.6. The van der Waals surface area contributed by atoms with E-state index in [1.807, 2.05) is 0 Å². The van der Waals surface area contributed by atoms with E-state index in [4.69, 9.17) is 16.7 Å². The van der Waals surface area contributed by atoms with Crippen molar-refractivity contribution in [2.24, 2.45) is 0 Å². The highest BCUT2D eigenvalue weighted by molar-refractivity contribution is 6.32. The SMILES string of the molecule is O=[N+]([O-])c1cnc(/C=C/c2c(F)cccc2Cl)n1CCO. The van der Waals surface area contributed by atoms with Gasteiger partial charge in [0.1, 0.15) is 18.6 Å². The molecule has 0 bridgehead atoms. The second-order valence-corrected chi connectivity index (χ2v) is 4.48. The van der Waals surface area contributed by atoms with Gasteiger partial charge in [-0.05, 0) is 23.1 Å². The van der Waals surface area contributed by atoms with E-state index in [0.717, 1.165) is 6.20 Å². The normalized spacial score (nSPS) is 11.2. The maximum absolute atomic E-state index is 13.6. The molecule has 1 heterocycles. The number of aromatic nitrogens is 2. The summed E-state index contributed by atoms with van der Waals surface area (Å²) in [6.07, 6.45) is 3.88. The predicted molar refractivity (Wildman–Crippen MR) is 76.3 cm³/mol. The van der Waals surface area contributed by atoms with Crippen molar-refractivity contribution in [3.63, 3.8) is 0 Å². The van der Waals surface area contributed by atoms with E-state index in [-0.39, 0.29) is 35.4 Å². The number of aliphatic hydroxyl groups excluding tert-OH is 1.